The van der Waals surface area contributed by atoms with E-state index in [2.05, 4.69) is 18.8 Å². The fourth-order valence-corrected chi connectivity index (χ4v) is 6.51. The average Bonchev–Trinajstić information content (AvgIpc) is 3.49. The van der Waals surface area contributed by atoms with Gasteiger partial charge in [0.15, 0.2) is 0 Å². The van der Waals surface area contributed by atoms with Gasteiger partial charge >= 0.3 is 5.97 Å². The summed E-state index contributed by atoms with van der Waals surface area (Å²) >= 11 is 1.12. The van der Waals surface area contributed by atoms with E-state index in [0.29, 0.717) is 35.9 Å². The van der Waals surface area contributed by atoms with E-state index in [0.717, 1.165) is 56.5 Å². The molecule has 0 spiro atoms. The molecule has 2 saturated carbocycles. The van der Waals surface area contributed by atoms with Crippen molar-refractivity contribution in [3.05, 3.63) is 15.8 Å². The highest BCUT2D eigenvalue weighted by Gasteiger charge is 2.41. The lowest BCUT2D eigenvalue weighted by Crippen LogP contribution is -2.50. The highest BCUT2D eigenvalue weighted by atomic mass is 32.1. The first kappa shape index (κ1) is 28.1. The topological polar surface area (TPSA) is 96.3 Å². The maximum absolute atomic E-state index is 14.1. The summed E-state index contributed by atoms with van der Waals surface area (Å²) in [5.74, 6) is 4.93. The molecule has 0 bridgehead atoms. The van der Waals surface area contributed by atoms with Crippen molar-refractivity contribution in [3.63, 3.8) is 0 Å². The summed E-state index contributed by atoms with van der Waals surface area (Å²) in [6, 6.07) is 1.62. The van der Waals surface area contributed by atoms with Crippen molar-refractivity contribution in [2.75, 3.05) is 18.1 Å². The Hall–Kier alpha value is -1.92. The van der Waals surface area contributed by atoms with Crippen molar-refractivity contribution in [2.45, 2.75) is 103 Å². The van der Waals surface area contributed by atoms with E-state index < -0.39 is 18.0 Å². The number of hydrogen-bond acceptors (Lipinski definition) is 6. The van der Waals surface area contributed by atoms with Crippen LogP contribution in [0.4, 0.5) is 5.69 Å². The smallest absolute Gasteiger partial charge is 0.348 e. The molecule has 204 valence electrons. The summed E-state index contributed by atoms with van der Waals surface area (Å²) in [7, 11) is 0. The van der Waals surface area contributed by atoms with Gasteiger partial charge in [-0.2, -0.15) is 0 Å². The zero-order chi connectivity index (χ0) is 26.7. The zero-order valence-corrected chi connectivity index (χ0v) is 23.3. The molecular formula is C29H41NO6S. The number of rotatable bonds is 6. The van der Waals surface area contributed by atoms with Crippen LogP contribution >= 0.6 is 11.3 Å². The summed E-state index contributed by atoms with van der Waals surface area (Å²) in [5.41, 5.74) is 0.189. The third kappa shape index (κ3) is 7.14. The molecule has 3 fully saturated rings. The minimum absolute atomic E-state index is 0.121. The van der Waals surface area contributed by atoms with Gasteiger partial charge in [-0.05, 0) is 84.1 Å². The molecule has 2 aliphatic carbocycles. The van der Waals surface area contributed by atoms with Gasteiger partial charge in [-0.1, -0.05) is 18.8 Å². The Balaban J connectivity index is 1.62. The van der Waals surface area contributed by atoms with Crippen LogP contribution in [0.1, 0.15) is 93.6 Å². The number of aliphatic hydroxyl groups is 1. The number of carbonyl (C=O) groups excluding carboxylic acids is 1. The number of anilines is 1. The van der Waals surface area contributed by atoms with E-state index >= 15 is 0 Å². The van der Waals surface area contributed by atoms with Gasteiger partial charge in [0.2, 0.25) is 5.91 Å². The summed E-state index contributed by atoms with van der Waals surface area (Å²) in [6.07, 6.45) is 5.59. The van der Waals surface area contributed by atoms with Gasteiger partial charge in [-0.15, -0.1) is 11.3 Å². The second kappa shape index (κ2) is 11.9. The minimum atomic E-state index is -1.06. The molecule has 3 aliphatic rings. The number of aliphatic hydroxyl groups excluding tert-OH is 1. The van der Waals surface area contributed by atoms with Crippen LogP contribution < -0.4 is 4.90 Å². The molecule has 2 heterocycles. The second-order valence-electron chi connectivity index (χ2n) is 12.0. The molecule has 0 unspecified atom stereocenters. The maximum atomic E-state index is 14.1. The Morgan fingerprint density at radius 3 is 2.43 bits per heavy atom. The van der Waals surface area contributed by atoms with Crippen molar-refractivity contribution >= 4 is 28.9 Å². The van der Waals surface area contributed by atoms with Crippen LogP contribution in [-0.2, 0) is 14.3 Å². The van der Waals surface area contributed by atoms with E-state index in [1.807, 2.05) is 20.8 Å². The number of thiophene rings is 1. The van der Waals surface area contributed by atoms with Crippen LogP contribution in [0.15, 0.2) is 6.07 Å². The first-order chi connectivity index (χ1) is 17.5. The standard InChI is InChI=1S/C29H41NO6S/c1-18-5-10-23(25(31)15-18)27(32)30(19-6-8-20(9-7-19)36-21-12-14-35-17-21)24-16-22(11-13-29(2,3)4)37-26(24)28(33)34/h16,18-21,23,25,31H,5-10,12,14-15,17H2,1-4H3,(H,33,34)/t18-,19-,20-,21-,23-,25+/m1/s1. The van der Waals surface area contributed by atoms with E-state index in [-0.39, 0.29) is 34.4 Å². The van der Waals surface area contributed by atoms with Gasteiger partial charge in [0.05, 0.1) is 41.4 Å². The third-order valence-electron chi connectivity index (χ3n) is 7.64. The molecule has 0 aromatic carbocycles. The Morgan fingerprint density at radius 1 is 1.11 bits per heavy atom. The van der Waals surface area contributed by atoms with Crippen LogP contribution in [0.5, 0.6) is 0 Å². The number of nitrogens with zero attached hydrogens (tertiary/aromatic N) is 1. The number of carbonyl (C=O) groups is 2. The number of carboxylic acid groups (broad SMARTS) is 1. The molecule has 0 radical (unpaired) electrons. The van der Waals surface area contributed by atoms with Gasteiger partial charge < -0.3 is 24.6 Å². The van der Waals surface area contributed by atoms with Crippen LogP contribution in [-0.4, -0.2) is 59.7 Å². The summed E-state index contributed by atoms with van der Waals surface area (Å²) in [6.45, 7) is 9.49. The number of carboxylic acids is 1. The fourth-order valence-electron chi connectivity index (χ4n) is 5.67. The van der Waals surface area contributed by atoms with Gasteiger partial charge in [-0.3, -0.25) is 4.79 Å². The predicted molar refractivity (Wildman–Crippen MR) is 144 cm³/mol. The van der Waals surface area contributed by atoms with E-state index in [1.165, 1.54) is 0 Å². The van der Waals surface area contributed by atoms with E-state index in [1.54, 1.807) is 11.0 Å². The first-order valence-corrected chi connectivity index (χ1v) is 14.5. The Kier molecular flexibility index (Phi) is 9.00. The molecule has 7 nitrogen and oxygen atoms in total. The summed E-state index contributed by atoms with van der Waals surface area (Å²) < 4.78 is 11.7. The van der Waals surface area contributed by atoms with Crippen molar-refractivity contribution in [2.24, 2.45) is 17.3 Å². The molecule has 37 heavy (non-hydrogen) atoms. The SMILES string of the molecule is C[C@@H]1CC[C@@H](C(=O)N(c2cc(C#CC(C)(C)C)sc2C(=O)O)[C@H]2CC[C@H](O[C@@H]3CCOC3)CC2)[C@@H](O)C1. The van der Waals surface area contributed by atoms with Gasteiger partial charge in [0, 0.05) is 18.1 Å². The van der Waals surface area contributed by atoms with Crippen molar-refractivity contribution < 1.29 is 29.3 Å². The highest BCUT2D eigenvalue weighted by Crippen LogP contribution is 2.39. The van der Waals surface area contributed by atoms with Crippen LogP contribution in [0.25, 0.3) is 0 Å². The molecule has 8 heteroatoms. The van der Waals surface area contributed by atoms with E-state index in [4.69, 9.17) is 9.47 Å². The van der Waals surface area contributed by atoms with Gasteiger partial charge in [0.25, 0.3) is 0 Å². The zero-order valence-electron chi connectivity index (χ0n) is 22.5. The lowest BCUT2D eigenvalue weighted by molar-refractivity contribution is -0.129. The Labute approximate surface area is 224 Å². The molecule has 2 N–H and O–H groups in total. The summed E-state index contributed by atoms with van der Waals surface area (Å²) in [4.78, 5) is 28.9. The van der Waals surface area contributed by atoms with Crippen LogP contribution in [0, 0.1) is 29.1 Å². The lowest BCUT2D eigenvalue weighted by Gasteiger charge is -2.41. The number of ether oxygens (including phenoxy) is 2. The quantitative estimate of drug-likeness (QED) is 0.497. The van der Waals surface area contributed by atoms with Crippen molar-refractivity contribution in [1.29, 1.82) is 0 Å². The third-order valence-corrected chi connectivity index (χ3v) is 8.67. The molecule has 1 saturated heterocycles. The van der Waals surface area contributed by atoms with E-state index in [9.17, 15) is 19.8 Å². The average molecular weight is 532 g/mol. The molecular weight excluding hydrogens is 490 g/mol. The minimum Gasteiger partial charge on any atom is -0.477 e. The van der Waals surface area contributed by atoms with Crippen molar-refractivity contribution in [1.82, 2.24) is 0 Å². The van der Waals surface area contributed by atoms with Gasteiger partial charge in [-0.25, -0.2) is 4.79 Å². The monoisotopic (exact) mass is 531 g/mol. The summed E-state index contributed by atoms with van der Waals surface area (Å²) in [5, 5.41) is 20.9. The number of amides is 1. The Morgan fingerprint density at radius 2 is 1.84 bits per heavy atom. The van der Waals surface area contributed by atoms with Gasteiger partial charge in [0.1, 0.15) is 4.88 Å². The van der Waals surface area contributed by atoms with Crippen LogP contribution in [0.3, 0.4) is 0 Å². The molecule has 1 aliphatic heterocycles. The second-order valence-corrected chi connectivity index (χ2v) is 13.0. The number of hydrogen-bond donors (Lipinski definition) is 2. The lowest BCUT2D eigenvalue weighted by atomic mass is 9.79. The molecule has 1 aromatic heterocycles. The Bertz CT molecular complexity index is 1020. The van der Waals surface area contributed by atoms with Crippen molar-refractivity contribution in [3.8, 4) is 11.8 Å². The molecule has 4 atom stereocenters. The number of aromatic carboxylic acids is 1. The normalized spacial score (nSPS) is 30.4. The maximum Gasteiger partial charge on any atom is 0.348 e. The predicted octanol–water partition coefficient (Wildman–Crippen LogP) is 5.09. The first-order valence-electron chi connectivity index (χ1n) is 13.7. The highest BCUT2D eigenvalue weighted by molar-refractivity contribution is 7.15. The molecule has 1 amide bonds. The fraction of sp³-hybridized carbons (Fsp3) is 0.724. The molecule has 1 aromatic rings. The van der Waals surface area contributed by atoms with Crippen LogP contribution in [0.2, 0.25) is 0 Å². The largest absolute Gasteiger partial charge is 0.477 e. The molecule has 4 rings (SSSR count).